The number of hydrogen-bond donors (Lipinski definition) is 2. The van der Waals surface area contributed by atoms with Gasteiger partial charge < -0.3 is 14.5 Å². The van der Waals surface area contributed by atoms with Crippen molar-refractivity contribution in [1.82, 2.24) is 15.5 Å². The number of rotatable bonds is 7. The molecule has 0 unspecified atom stereocenters. The lowest BCUT2D eigenvalue weighted by Gasteiger charge is -2.12. The molecular weight excluding hydrogens is 453 g/mol. The van der Waals surface area contributed by atoms with E-state index in [2.05, 4.69) is 20.3 Å². The summed E-state index contributed by atoms with van der Waals surface area (Å²) in [6.45, 7) is -0.603. The van der Waals surface area contributed by atoms with Crippen LogP contribution >= 0.6 is 11.6 Å². The quantitative estimate of drug-likeness (QED) is 0.469. The van der Waals surface area contributed by atoms with E-state index in [1.165, 1.54) is 24.3 Å². The van der Waals surface area contributed by atoms with Crippen molar-refractivity contribution in [3.63, 3.8) is 0 Å². The number of carbonyl (C=O) groups is 1. The van der Waals surface area contributed by atoms with Gasteiger partial charge in [-0.05, 0) is 18.2 Å². The van der Waals surface area contributed by atoms with Crippen LogP contribution in [-0.4, -0.2) is 56.4 Å². The van der Waals surface area contributed by atoms with Crippen molar-refractivity contribution in [3.8, 4) is 11.5 Å². The minimum Gasteiger partial charge on any atom is -0.468 e. The van der Waals surface area contributed by atoms with Crippen LogP contribution in [0, 0.1) is 5.41 Å². The van der Waals surface area contributed by atoms with Crippen molar-refractivity contribution in [3.05, 3.63) is 35.2 Å². The highest BCUT2D eigenvalue weighted by Gasteiger charge is 2.38. The first kappa shape index (κ1) is 23.3. The Balaban J connectivity index is 2.50. The van der Waals surface area contributed by atoms with Crippen molar-refractivity contribution in [2.75, 3.05) is 19.9 Å². The molecular formula is C16H14ClF3N4O5S. The van der Waals surface area contributed by atoms with Gasteiger partial charge in [0.15, 0.2) is 15.5 Å². The first-order chi connectivity index (χ1) is 13.8. The molecule has 0 aliphatic heterocycles. The van der Waals surface area contributed by atoms with Crippen LogP contribution in [-0.2, 0) is 19.4 Å². The molecule has 2 aromatic rings. The van der Waals surface area contributed by atoms with Crippen LogP contribution in [0.3, 0.4) is 0 Å². The fourth-order valence-electron chi connectivity index (χ4n) is 2.03. The molecule has 0 bridgehead atoms. The topological polar surface area (TPSA) is 135 Å². The van der Waals surface area contributed by atoms with E-state index in [9.17, 15) is 26.4 Å². The lowest BCUT2D eigenvalue weighted by Crippen LogP contribution is -2.28. The van der Waals surface area contributed by atoms with E-state index in [0.29, 0.717) is 0 Å². The van der Waals surface area contributed by atoms with Crippen molar-refractivity contribution in [1.29, 1.82) is 5.41 Å². The van der Waals surface area contributed by atoms with E-state index in [-0.39, 0.29) is 16.3 Å². The van der Waals surface area contributed by atoms with Gasteiger partial charge in [-0.25, -0.2) is 8.42 Å². The summed E-state index contributed by atoms with van der Waals surface area (Å²) in [5, 5.41) is 15.6. The lowest BCUT2D eigenvalue weighted by atomic mass is 10.2. The Bertz CT molecular complexity index is 1110. The van der Waals surface area contributed by atoms with Crippen LogP contribution in [0.15, 0.2) is 38.6 Å². The summed E-state index contributed by atoms with van der Waals surface area (Å²) in [5.41, 5.74) is -2.36. The van der Waals surface area contributed by atoms with Gasteiger partial charge >= 0.3 is 12.1 Å². The molecule has 0 amide bonds. The van der Waals surface area contributed by atoms with Gasteiger partial charge in [0.25, 0.3) is 5.89 Å². The third kappa shape index (κ3) is 5.57. The van der Waals surface area contributed by atoms with Crippen molar-refractivity contribution >= 4 is 38.8 Å². The fourth-order valence-corrected chi connectivity index (χ4v) is 2.95. The number of ether oxygens (including phenoxy) is 1. The molecule has 0 atom stereocenters. The molecule has 1 heterocycles. The van der Waals surface area contributed by atoms with Crippen LogP contribution in [0.25, 0.3) is 17.2 Å². The van der Waals surface area contributed by atoms with Gasteiger partial charge in [-0.15, -0.1) is 10.2 Å². The minimum atomic E-state index is -5.08. The maximum Gasteiger partial charge on any atom is 0.434 e. The lowest BCUT2D eigenvalue weighted by molar-refractivity contribution is -0.139. The Labute approximate surface area is 173 Å². The second-order valence-electron chi connectivity index (χ2n) is 5.70. The van der Waals surface area contributed by atoms with Gasteiger partial charge in [0.2, 0.25) is 5.89 Å². The van der Waals surface area contributed by atoms with E-state index in [1.54, 1.807) is 0 Å². The minimum absolute atomic E-state index is 0.0452. The SMILES string of the molecule is COC(=O)CN/C(=C(/Cl)C(=N)C(F)(F)F)c1nnc(-c2cccc(S(C)(=O)=O)c2)o1. The summed E-state index contributed by atoms with van der Waals surface area (Å²) in [4.78, 5) is 11.3. The molecule has 9 nitrogen and oxygen atoms in total. The van der Waals surface area contributed by atoms with Gasteiger partial charge in [-0.3, -0.25) is 10.2 Å². The van der Waals surface area contributed by atoms with E-state index in [0.717, 1.165) is 13.4 Å². The summed E-state index contributed by atoms with van der Waals surface area (Å²) in [6.07, 6.45) is -4.09. The van der Waals surface area contributed by atoms with Gasteiger partial charge in [0.05, 0.1) is 17.0 Å². The summed E-state index contributed by atoms with van der Waals surface area (Å²) < 4.78 is 71.7. The number of hydrogen-bond acceptors (Lipinski definition) is 9. The molecule has 1 aromatic heterocycles. The summed E-state index contributed by atoms with van der Waals surface area (Å²) in [6, 6.07) is 5.42. The Hall–Kier alpha value is -2.93. The average molecular weight is 467 g/mol. The van der Waals surface area contributed by atoms with Crippen LogP contribution in [0.2, 0.25) is 0 Å². The largest absolute Gasteiger partial charge is 0.468 e. The molecule has 2 N–H and O–H groups in total. The molecule has 30 heavy (non-hydrogen) atoms. The normalized spacial score (nSPS) is 12.9. The monoisotopic (exact) mass is 466 g/mol. The second kappa shape index (κ2) is 8.83. The van der Waals surface area contributed by atoms with Gasteiger partial charge in [0, 0.05) is 11.8 Å². The predicted molar refractivity (Wildman–Crippen MR) is 99.4 cm³/mol. The molecule has 0 radical (unpaired) electrons. The highest BCUT2D eigenvalue weighted by atomic mass is 35.5. The van der Waals surface area contributed by atoms with Gasteiger partial charge in [-0.1, -0.05) is 17.7 Å². The number of methoxy groups -OCH3 is 1. The maximum absolute atomic E-state index is 12.9. The van der Waals surface area contributed by atoms with E-state index < -0.39 is 50.9 Å². The standard InChI is InChI=1S/C16H14ClF3N4O5S/c1-28-10(25)7-22-12(11(17)13(21)16(18,19)20)15-24-23-14(29-15)8-4-3-5-9(6-8)30(2,26)27/h3-6,21-22H,7H2,1-2H3/b12-11+,21-13?. The van der Waals surface area contributed by atoms with Crippen molar-refractivity contribution < 1.29 is 35.5 Å². The number of alkyl halides is 3. The zero-order valence-corrected chi connectivity index (χ0v) is 16.9. The third-order valence-corrected chi connectivity index (χ3v) is 5.00. The summed E-state index contributed by atoms with van der Waals surface area (Å²) >= 11 is 5.70. The Morgan fingerprint density at radius 3 is 2.57 bits per heavy atom. The first-order valence-electron chi connectivity index (χ1n) is 7.85. The Morgan fingerprint density at radius 1 is 1.33 bits per heavy atom. The molecule has 0 saturated heterocycles. The van der Waals surface area contributed by atoms with Crippen molar-refractivity contribution in [2.45, 2.75) is 11.1 Å². The number of nitrogens with zero attached hydrogens (tertiary/aromatic N) is 2. The van der Waals surface area contributed by atoms with E-state index in [1.807, 2.05) is 0 Å². The first-order valence-corrected chi connectivity index (χ1v) is 10.1. The predicted octanol–water partition coefficient (Wildman–Crippen LogP) is 2.39. The third-order valence-electron chi connectivity index (χ3n) is 3.51. The molecule has 0 aliphatic carbocycles. The second-order valence-corrected chi connectivity index (χ2v) is 8.10. The van der Waals surface area contributed by atoms with Crippen LogP contribution in [0.1, 0.15) is 5.89 Å². The number of aromatic nitrogens is 2. The highest BCUT2D eigenvalue weighted by Crippen LogP contribution is 2.29. The van der Waals surface area contributed by atoms with Gasteiger partial charge in [-0.2, -0.15) is 13.2 Å². The zero-order chi connectivity index (χ0) is 22.7. The molecule has 2 rings (SSSR count). The van der Waals surface area contributed by atoms with Crippen LogP contribution in [0.4, 0.5) is 13.2 Å². The molecule has 1 aromatic carbocycles. The maximum atomic E-state index is 12.9. The van der Waals surface area contributed by atoms with Crippen LogP contribution < -0.4 is 5.32 Å². The molecule has 162 valence electrons. The van der Waals surface area contributed by atoms with Gasteiger partial charge in [0.1, 0.15) is 12.2 Å². The molecule has 0 aliphatic rings. The number of allylic oxidation sites excluding steroid dienone is 1. The number of esters is 1. The molecule has 0 spiro atoms. The zero-order valence-electron chi connectivity index (χ0n) is 15.4. The van der Waals surface area contributed by atoms with E-state index >= 15 is 0 Å². The Morgan fingerprint density at radius 2 is 2.00 bits per heavy atom. The van der Waals surface area contributed by atoms with Crippen LogP contribution in [0.5, 0.6) is 0 Å². The Kier molecular flexibility index (Phi) is 6.87. The highest BCUT2D eigenvalue weighted by molar-refractivity contribution is 7.90. The molecule has 0 saturated carbocycles. The number of halogens is 4. The van der Waals surface area contributed by atoms with E-state index in [4.69, 9.17) is 21.4 Å². The number of sulfone groups is 1. The number of carbonyl (C=O) groups excluding carboxylic acids is 1. The molecule has 0 fully saturated rings. The summed E-state index contributed by atoms with van der Waals surface area (Å²) in [5.74, 6) is -1.62. The average Bonchev–Trinajstić information content (AvgIpc) is 3.15. The fraction of sp³-hybridized carbons (Fsp3) is 0.250. The summed E-state index contributed by atoms with van der Waals surface area (Å²) in [7, 11) is -2.48. The number of benzene rings is 1. The molecule has 14 heteroatoms. The number of nitrogens with one attached hydrogen (secondary N) is 2. The van der Waals surface area contributed by atoms with Crippen molar-refractivity contribution in [2.24, 2.45) is 0 Å². The smallest absolute Gasteiger partial charge is 0.434 e.